The molecule has 0 radical (unpaired) electrons. The molecule has 0 spiro atoms. The normalized spacial score (nSPS) is 15.4. The number of aromatic nitrogens is 2. The van der Waals surface area contributed by atoms with Crippen LogP contribution in [0, 0.1) is 12.8 Å². The Labute approximate surface area is 128 Å². The fourth-order valence-corrected chi connectivity index (χ4v) is 2.25. The monoisotopic (exact) mass is 301 g/mol. The molecule has 1 aliphatic carbocycles. The first-order valence-corrected chi connectivity index (χ1v) is 7.45. The number of benzene rings is 1. The van der Waals surface area contributed by atoms with Crippen molar-refractivity contribution in [3.63, 3.8) is 0 Å². The third-order valence-electron chi connectivity index (χ3n) is 3.74. The number of ether oxygens (including phenoxy) is 1. The second-order valence-corrected chi connectivity index (χ2v) is 5.64. The third kappa shape index (κ3) is 3.63. The molecule has 0 aliphatic heterocycles. The second-order valence-electron chi connectivity index (χ2n) is 5.64. The topological polar surface area (TPSA) is 77.2 Å². The van der Waals surface area contributed by atoms with Crippen molar-refractivity contribution in [2.45, 2.75) is 39.3 Å². The van der Waals surface area contributed by atoms with Crippen LogP contribution in [-0.2, 0) is 6.61 Å². The van der Waals surface area contributed by atoms with E-state index in [0.717, 1.165) is 0 Å². The first-order chi connectivity index (χ1) is 10.6. The summed E-state index contributed by atoms with van der Waals surface area (Å²) in [5.74, 6) is 2.27. The number of rotatable bonds is 6. The smallest absolute Gasteiger partial charge is 0.251 e. The summed E-state index contributed by atoms with van der Waals surface area (Å²) in [6.45, 7) is 4.02. The second kappa shape index (κ2) is 6.17. The van der Waals surface area contributed by atoms with E-state index in [4.69, 9.17) is 9.26 Å². The summed E-state index contributed by atoms with van der Waals surface area (Å²) in [6, 6.07) is 7.29. The molecule has 1 saturated carbocycles. The SMILES string of the molecule is Cc1nc(COc2ccc(C(=O)NC(C)C3CC3)cc2)no1. The van der Waals surface area contributed by atoms with Gasteiger partial charge in [0.15, 0.2) is 6.61 Å². The molecular formula is C16H19N3O3. The van der Waals surface area contributed by atoms with Gasteiger partial charge in [-0.3, -0.25) is 4.79 Å². The van der Waals surface area contributed by atoms with Crippen LogP contribution < -0.4 is 10.1 Å². The number of hydrogen-bond donors (Lipinski definition) is 1. The molecular weight excluding hydrogens is 282 g/mol. The molecule has 116 valence electrons. The third-order valence-corrected chi connectivity index (χ3v) is 3.74. The van der Waals surface area contributed by atoms with E-state index in [1.54, 1.807) is 31.2 Å². The molecule has 1 aliphatic rings. The first-order valence-electron chi connectivity index (χ1n) is 7.45. The molecule has 1 atom stereocenters. The molecule has 1 aromatic heterocycles. The van der Waals surface area contributed by atoms with Crippen LogP contribution in [0.1, 0.15) is 41.8 Å². The van der Waals surface area contributed by atoms with Crippen molar-refractivity contribution >= 4 is 5.91 Å². The van der Waals surface area contributed by atoms with Crippen molar-refractivity contribution in [1.29, 1.82) is 0 Å². The molecule has 1 heterocycles. The molecule has 1 aromatic carbocycles. The van der Waals surface area contributed by atoms with Crippen molar-refractivity contribution < 1.29 is 14.1 Å². The molecule has 1 amide bonds. The lowest BCUT2D eigenvalue weighted by Crippen LogP contribution is -2.33. The van der Waals surface area contributed by atoms with Gasteiger partial charge in [0.25, 0.3) is 5.91 Å². The Morgan fingerprint density at radius 2 is 2.14 bits per heavy atom. The Balaban J connectivity index is 1.54. The van der Waals surface area contributed by atoms with Gasteiger partial charge in [-0.2, -0.15) is 4.98 Å². The van der Waals surface area contributed by atoms with Gasteiger partial charge in [-0.1, -0.05) is 5.16 Å². The van der Waals surface area contributed by atoms with Gasteiger partial charge in [0, 0.05) is 18.5 Å². The molecule has 2 aromatic rings. The van der Waals surface area contributed by atoms with Gasteiger partial charge in [0.1, 0.15) is 5.75 Å². The first kappa shape index (κ1) is 14.6. The number of aryl methyl sites for hydroxylation is 1. The average Bonchev–Trinajstić information content (AvgIpc) is 3.29. The fourth-order valence-electron chi connectivity index (χ4n) is 2.25. The highest BCUT2D eigenvalue weighted by molar-refractivity contribution is 5.94. The summed E-state index contributed by atoms with van der Waals surface area (Å²) in [6.07, 6.45) is 2.42. The predicted octanol–water partition coefficient (Wildman–Crippen LogP) is 2.49. The van der Waals surface area contributed by atoms with Crippen molar-refractivity contribution in [3.8, 4) is 5.75 Å². The van der Waals surface area contributed by atoms with Crippen LogP contribution in [0.3, 0.4) is 0 Å². The summed E-state index contributed by atoms with van der Waals surface area (Å²) in [7, 11) is 0. The van der Waals surface area contributed by atoms with Crippen molar-refractivity contribution in [1.82, 2.24) is 15.5 Å². The van der Waals surface area contributed by atoms with E-state index in [9.17, 15) is 4.79 Å². The predicted molar refractivity (Wildman–Crippen MR) is 79.5 cm³/mol. The summed E-state index contributed by atoms with van der Waals surface area (Å²) in [4.78, 5) is 16.2. The molecule has 1 fully saturated rings. The summed E-state index contributed by atoms with van der Waals surface area (Å²) < 4.78 is 10.4. The maximum atomic E-state index is 12.1. The molecule has 22 heavy (non-hydrogen) atoms. The maximum absolute atomic E-state index is 12.1. The van der Waals surface area contributed by atoms with Crippen LogP contribution >= 0.6 is 0 Å². The Morgan fingerprint density at radius 3 is 2.73 bits per heavy atom. The Hall–Kier alpha value is -2.37. The zero-order valence-corrected chi connectivity index (χ0v) is 12.7. The highest BCUT2D eigenvalue weighted by atomic mass is 16.5. The standard InChI is InChI=1S/C16H19N3O3/c1-10(12-3-4-12)17-16(20)13-5-7-14(8-6-13)21-9-15-18-11(2)22-19-15/h5-8,10,12H,3-4,9H2,1-2H3,(H,17,20). The van der Waals surface area contributed by atoms with Gasteiger partial charge in [-0.15, -0.1) is 0 Å². The largest absolute Gasteiger partial charge is 0.485 e. The quantitative estimate of drug-likeness (QED) is 0.887. The molecule has 1 unspecified atom stereocenters. The van der Waals surface area contributed by atoms with Crippen LogP contribution in [0.2, 0.25) is 0 Å². The Morgan fingerprint density at radius 1 is 1.41 bits per heavy atom. The van der Waals surface area contributed by atoms with Gasteiger partial charge < -0.3 is 14.6 Å². The minimum atomic E-state index is -0.0419. The highest BCUT2D eigenvalue weighted by Gasteiger charge is 2.29. The van der Waals surface area contributed by atoms with Gasteiger partial charge in [-0.05, 0) is 49.9 Å². The van der Waals surface area contributed by atoms with E-state index >= 15 is 0 Å². The molecule has 6 heteroatoms. The Bertz CT molecular complexity index is 647. The van der Waals surface area contributed by atoms with Gasteiger partial charge in [0.2, 0.25) is 11.7 Å². The molecule has 0 saturated heterocycles. The number of hydrogen-bond acceptors (Lipinski definition) is 5. The van der Waals surface area contributed by atoms with Crippen LogP contribution in [0.4, 0.5) is 0 Å². The van der Waals surface area contributed by atoms with E-state index < -0.39 is 0 Å². The minimum Gasteiger partial charge on any atom is -0.485 e. The van der Waals surface area contributed by atoms with Crippen molar-refractivity contribution in [3.05, 3.63) is 41.5 Å². The fraction of sp³-hybridized carbons (Fsp3) is 0.438. The molecule has 6 nitrogen and oxygen atoms in total. The molecule has 1 N–H and O–H groups in total. The van der Waals surface area contributed by atoms with Crippen LogP contribution in [0.5, 0.6) is 5.75 Å². The van der Waals surface area contributed by atoms with Crippen LogP contribution in [-0.4, -0.2) is 22.1 Å². The Kier molecular flexibility index (Phi) is 4.09. The lowest BCUT2D eigenvalue weighted by Gasteiger charge is -2.13. The zero-order chi connectivity index (χ0) is 15.5. The van der Waals surface area contributed by atoms with E-state index in [1.807, 2.05) is 0 Å². The van der Waals surface area contributed by atoms with E-state index in [-0.39, 0.29) is 18.6 Å². The summed E-state index contributed by atoms with van der Waals surface area (Å²) >= 11 is 0. The molecule has 3 rings (SSSR count). The number of carbonyl (C=O) groups is 1. The van der Waals surface area contributed by atoms with E-state index in [1.165, 1.54) is 12.8 Å². The minimum absolute atomic E-state index is 0.0419. The molecule has 0 bridgehead atoms. The highest BCUT2D eigenvalue weighted by Crippen LogP contribution is 2.32. The van der Waals surface area contributed by atoms with Gasteiger partial charge in [-0.25, -0.2) is 0 Å². The number of nitrogens with one attached hydrogen (secondary N) is 1. The maximum Gasteiger partial charge on any atom is 0.251 e. The van der Waals surface area contributed by atoms with Gasteiger partial charge in [0.05, 0.1) is 0 Å². The number of carbonyl (C=O) groups excluding carboxylic acids is 1. The number of amides is 1. The lowest BCUT2D eigenvalue weighted by molar-refractivity contribution is 0.0936. The van der Waals surface area contributed by atoms with Crippen LogP contribution in [0.25, 0.3) is 0 Å². The van der Waals surface area contributed by atoms with Crippen molar-refractivity contribution in [2.24, 2.45) is 5.92 Å². The van der Waals surface area contributed by atoms with E-state index in [0.29, 0.717) is 28.9 Å². The average molecular weight is 301 g/mol. The van der Waals surface area contributed by atoms with Crippen LogP contribution in [0.15, 0.2) is 28.8 Å². The van der Waals surface area contributed by atoms with Crippen molar-refractivity contribution in [2.75, 3.05) is 0 Å². The zero-order valence-electron chi connectivity index (χ0n) is 12.7. The summed E-state index contributed by atoms with van der Waals surface area (Å²) in [5, 5.41) is 6.78. The summed E-state index contributed by atoms with van der Waals surface area (Å²) in [5.41, 5.74) is 0.634. The van der Waals surface area contributed by atoms with E-state index in [2.05, 4.69) is 22.4 Å². The lowest BCUT2D eigenvalue weighted by atomic mass is 10.1. The number of nitrogens with zero attached hydrogens (tertiary/aromatic N) is 2. The van der Waals surface area contributed by atoms with Gasteiger partial charge >= 0.3 is 0 Å².